The van der Waals surface area contributed by atoms with Crippen LogP contribution in [-0.4, -0.2) is 54.8 Å². The zero-order valence-electron chi connectivity index (χ0n) is 18.3. The minimum atomic E-state index is -4.43. The summed E-state index contributed by atoms with van der Waals surface area (Å²) in [5.41, 5.74) is 7.64. The summed E-state index contributed by atoms with van der Waals surface area (Å²) in [7, 11) is 0. The second kappa shape index (κ2) is 9.36. The van der Waals surface area contributed by atoms with Crippen molar-refractivity contribution in [1.29, 1.82) is 0 Å². The third kappa shape index (κ3) is 5.19. The lowest BCUT2D eigenvalue weighted by atomic mass is 10.0. The van der Waals surface area contributed by atoms with Crippen molar-refractivity contribution in [2.75, 3.05) is 24.1 Å². The number of aliphatic hydroxyl groups excluding tert-OH is 1. The minimum Gasteiger partial charge on any atom is -0.390 e. The van der Waals surface area contributed by atoms with Crippen LogP contribution >= 0.6 is 11.9 Å². The van der Waals surface area contributed by atoms with E-state index in [0.29, 0.717) is 36.8 Å². The SMILES string of the molecule is Nc1n[nH]c2ncc(-c3ccc(SN4CCC(Nc5ccc(C(F)(F)F)cn5)C(O)C4)cc3)cc12. The van der Waals surface area contributed by atoms with E-state index in [1.165, 1.54) is 6.07 Å². The molecule has 182 valence electrons. The van der Waals surface area contributed by atoms with Crippen LogP contribution in [0.5, 0.6) is 0 Å². The number of β-amino-alcohol motifs (C(OH)–C–C–N with tert-alkyl or cyclic N) is 1. The molecular weight excluding hydrogens is 479 g/mol. The summed E-state index contributed by atoms with van der Waals surface area (Å²) in [5, 5.41) is 21.2. The Balaban J connectivity index is 1.17. The number of benzene rings is 1. The normalized spacial score (nSPS) is 19.2. The molecule has 1 saturated heterocycles. The summed E-state index contributed by atoms with van der Waals surface area (Å²) in [6.07, 6.45) is -1.95. The maximum atomic E-state index is 12.7. The topological polar surface area (TPSA) is 116 Å². The highest BCUT2D eigenvalue weighted by Gasteiger charge is 2.31. The Bertz CT molecular complexity index is 1310. The quantitative estimate of drug-likeness (QED) is 0.301. The van der Waals surface area contributed by atoms with Gasteiger partial charge in [-0.2, -0.15) is 18.3 Å². The second-order valence-corrected chi connectivity index (χ2v) is 9.44. The van der Waals surface area contributed by atoms with E-state index in [1.54, 1.807) is 18.1 Å². The molecule has 2 atom stereocenters. The lowest BCUT2D eigenvalue weighted by Crippen LogP contribution is -2.47. The number of nitrogens with zero attached hydrogens (tertiary/aromatic N) is 4. The predicted molar refractivity (Wildman–Crippen MR) is 128 cm³/mol. The molecule has 0 bridgehead atoms. The number of rotatable bonds is 5. The molecule has 1 aromatic carbocycles. The molecular formula is C23H22F3N7OS. The first-order chi connectivity index (χ1) is 16.8. The zero-order chi connectivity index (χ0) is 24.6. The van der Waals surface area contributed by atoms with Crippen molar-refractivity contribution in [2.24, 2.45) is 0 Å². The molecule has 3 aromatic heterocycles. The van der Waals surface area contributed by atoms with Crippen LogP contribution in [0.25, 0.3) is 22.2 Å². The molecule has 5 rings (SSSR count). The van der Waals surface area contributed by atoms with E-state index < -0.39 is 17.8 Å². The number of hydrogen-bond acceptors (Lipinski definition) is 8. The first-order valence-electron chi connectivity index (χ1n) is 10.9. The first kappa shape index (κ1) is 23.4. The summed E-state index contributed by atoms with van der Waals surface area (Å²) < 4.78 is 40.2. The van der Waals surface area contributed by atoms with Crippen LogP contribution in [0.1, 0.15) is 12.0 Å². The summed E-state index contributed by atoms with van der Waals surface area (Å²) >= 11 is 1.55. The van der Waals surface area contributed by atoms with Crippen molar-refractivity contribution in [1.82, 2.24) is 24.5 Å². The molecule has 5 N–H and O–H groups in total. The lowest BCUT2D eigenvalue weighted by molar-refractivity contribution is -0.137. The van der Waals surface area contributed by atoms with Gasteiger partial charge in [-0.15, -0.1) is 0 Å². The molecule has 0 amide bonds. The number of hydrogen-bond donors (Lipinski definition) is 4. The van der Waals surface area contributed by atoms with Crippen LogP contribution in [0, 0.1) is 0 Å². The highest BCUT2D eigenvalue weighted by atomic mass is 32.2. The van der Waals surface area contributed by atoms with Crippen LogP contribution in [0.2, 0.25) is 0 Å². The molecule has 0 spiro atoms. The third-order valence-corrected chi connectivity index (χ3v) is 6.91. The van der Waals surface area contributed by atoms with Gasteiger partial charge in [0.2, 0.25) is 0 Å². The van der Waals surface area contributed by atoms with Gasteiger partial charge in [-0.1, -0.05) is 12.1 Å². The fourth-order valence-electron chi connectivity index (χ4n) is 3.93. The molecule has 1 fully saturated rings. The number of fused-ring (bicyclic) bond motifs is 1. The van der Waals surface area contributed by atoms with E-state index in [4.69, 9.17) is 5.73 Å². The standard InChI is InChI=1S/C23H22F3N7OS/c24-23(25,26)15-3-6-20(28-11-15)30-18-7-8-33(12-19(18)34)35-16-4-1-13(2-5-16)14-9-17-21(27)31-32-22(17)29-10-14/h1-6,9-11,18-19,34H,7-8,12H2,(H,28,30)(H3,27,29,31,32). The Morgan fingerprint density at radius 2 is 1.89 bits per heavy atom. The van der Waals surface area contributed by atoms with Gasteiger partial charge >= 0.3 is 6.18 Å². The number of anilines is 2. The maximum absolute atomic E-state index is 12.7. The predicted octanol–water partition coefficient (Wildman–Crippen LogP) is 4.18. The zero-order valence-corrected chi connectivity index (χ0v) is 19.1. The van der Waals surface area contributed by atoms with Crippen molar-refractivity contribution >= 4 is 34.6 Å². The van der Waals surface area contributed by atoms with Crippen molar-refractivity contribution < 1.29 is 18.3 Å². The smallest absolute Gasteiger partial charge is 0.390 e. The van der Waals surface area contributed by atoms with Crippen LogP contribution in [0.4, 0.5) is 24.8 Å². The number of alkyl halides is 3. The third-order valence-electron chi connectivity index (χ3n) is 5.84. The van der Waals surface area contributed by atoms with Crippen molar-refractivity contribution in [3.05, 3.63) is 60.4 Å². The van der Waals surface area contributed by atoms with Gasteiger partial charge in [-0.25, -0.2) is 14.3 Å². The summed E-state index contributed by atoms with van der Waals surface area (Å²) in [4.78, 5) is 9.21. The Morgan fingerprint density at radius 3 is 2.57 bits per heavy atom. The van der Waals surface area contributed by atoms with E-state index >= 15 is 0 Å². The highest BCUT2D eigenvalue weighted by Crippen LogP contribution is 2.31. The molecule has 4 aromatic rings. The molecule has 2 unspecified atom stereocenters. The fraction of sp³-hybridized carbons (Fsp3) is 0.261. The number of aromatic nitrogens is 4. The number of pyridine rings is 2. The molecule has 0 radical (unpaired) electrons. The van der Waals surface area contributed by atoms with Gasteiger partial charge in [-0.05, 0) is 54.3 Å². The van der Waals surface area contributed by atoms with Crippen LogP contribution in [0.15, 0.2) is 59.8 Å². The van der Waals surface area contributed by atoms with Gasteiger partial charge in [-0.3, -0.25) is 5.10 Å². The number of H-pyrrole nitrogens is 1. The van der Waals surface area contributed by atoms with Crippen molar-refractivity contribution in [3.63, 3.8) is 0 Å². The molecule has 8 nitrogen and oxygen atoms in total. The number of halogens is 3. The average molecular weight is 502 g/mol. The van der Waals surface area contributed by atoms with E-state index in [2.05, 4.69) is 29.8 Å². The Hall–Kier alpha value is -3.35. The molecule has 0 saturated carbocycles. The number of piperidine rings is 1. The number of nitrogens with two attached hydrogens (primary N) is 1. The van der Waals surface area contributed by atoms with Crippen LogP contribution in [0.3, 0.4) is 0 Å². The van der Waals surface area contributed by atoms with Gasteiger partial charge in [0.1, 0.15) is 5.82 Å². The fourth-order valence-corrected chi connectivity index (χ4v) is 4.91. The number of nitrogens with one attached hydrogen (secondary N) is 2. The van der Waals surface area contributed by atoms with Gasteiger partial charge < -0.3 is 16.2 Å². The van der Waals surface area contributed by atoms with Gasteiger partial charge in [0, 0.05) is 35.9 Å². The Kier molecular flexibility index (Phi) is 6.26. The van der Waals surface area contributed by atoms with Gasteiger partial charge in [0.15, 0.2) is 11.5 Å². The first-order valence-corrected chi connectivity index (χ1v) is 11.6. The molecule has 4 heterocycles. The summed E-state index contributed by atoms with van der Waals surface area (Å²) in [6, 6.07) is 11.9. The van der Waals surface area contributed by atoms with E-state index in [-0.39, 0.29) is 6.04 Å². The summed E-state index contributed by atoms with van der Waals surface area (Å²) in [6.45, 7) is 1.10. The molecule has 0 aliphatic carbocycles. The minimum absolute atomic E-state index is 0.295. The number of aliphatic hydroxyl groups is 1. The van der Waals surface area contributed by atoms with E-state index in [9.17, 15) is 18.3 Å². The lowest BCUT2D eigenvalue weighted by Gasteiger charge is -2.35. The highest BCUT2D eigenvalue weighted by molar-refractivity contribution is 7.97. The van der Waals surface area contributed by atoms with E-state index in [0.717, 1.165) is 33.7 Å². The Morgan fingerprint density at radius 1 is 1.09 bits per heavy atom. The molecule has 12 heteroatoms. The van der Waals surface area contributed by atoms with Crippen LogP contribution < -0.4 is 11.1 Å². The van der Waals surface area contributed by atoms with Crippen LogP contribution in [-0.2, 0) is 6.18 Å². The van der Waals surface area contributed by atoms with Crippen molar-refractivity contribution in [3.8, 4) is 11.1 Å². The van der Waals surface area contributed by atoms with Gasteiger partial charge in [0.05, 0.1) is 23.1 Å². The largest absolute Gasteiger partial charge is 0.417 e. The average Bonchev–Trinajstić information content (AvgIpc) is 3.21. The molecule has 1 aliphatic heterocycles. The summed E-state index contributed by atoms with van der Waals surface area (Å²) in [5.74, 6) is 0.718. The van der Waals surface area contributed by atoms with Gasteiger partial charge in [0.25, 0.3) is 0 Å². The Labute approximate surface area is 202 Å². The molecule has 35 heavy (non-hydrogen) atoms. The maximum Gasteiger partial charge on any atom is 0.417 e. The number of aromatic amines is 1. The second-order valence-electron chi connectivity index (χ2n) is 8.27. The molecule has 1 aliphatic rings. The van der Waals surface area contributed by atoms with Crippen molar-refractivity contribution in [2.45, 2.75) is 29.6 Å². The number of nitrogen functional groups attached to an aromatic ring is 1. The monoisotopic (exact) mass is 501 g/mol. The van der Waals surface area contributed by atoms with E-state index in [1.807, 2.05) is 30.3 Å².